The van der Waals surface area contributed by atoms with Crippen LogP contribution in [0.15, 0.2) is 30.9 Å². The molecule has 1 aromatic carbocycles. The highest BCUT2D eigenvalue weighted by Gasteiger charge is 2.41. The van der Waals surface area contributed by atoms with Crippen LogP contribution in [-0.2, 0) is 4.79 Å². The Balaban J connectivity index is 1.61. The van der Waals surface area contributed by atoms with Crippen molar-refractivity contribution in [2.24, 2.45) is 0 Å². The summed E-state index contributed by atoms with van der Waals surface area (Å²) in [4.78, 5) is 36.0. The monoisotopic (exact) mass is 530 g/mol. The van der Waals surface area contributed by atoms with Crippen LogP contribution < -0.4 is 9.47 Å². The van der Waals surface area contributed by atoms with E-state index in [0.29, 0.717) is 13.1 Å². The van der Waals surface area contributed by atoms with E-state index in [-0.39, 0.29) is 76.8 Å². The molecular formula is C26H28ClFN4O5. The molecule has 11 heteroatoms. The third-order valence-electron chi connectivity index (χ3n) is 7.01. The van der Waals surface area contributed by atoms with Crippen LogP contribution in [-0.4, -0.2) is 95.1 Å². The van der Waals surface area contributed by atoms with Crippen LogP contribution in [0.3, 0.4) is 0 Å². The maximum atomic E-state index is 14.9. The van der Waals surface area contributed by atoms with Crippen molar-refractivity contribution >= 4 is 23.4 Å². The van der Waals surface area contributed by atoms with Crippen LogP contribution in [0, 0.1) is 5.82 Å². The van der Waals surface area contributed by atoms with E-state index in [1.54, 1.807) is 9.80 Å². The molecule has 0 radical (unpaired) electrons. The predicted molar refractivity (Wildman–Crippen MR) is 135 cm³/mol. The fraction of sp³-hybridized carbons (Fsp3) is 0.423. The molecule has 196 valence electrons. The largest absolute Gasteiger partial charge is 0.507 e. The molecule has 3 aliphatic rings. The van der Waals surface area contributed by atoms with E-state index in [1.165, 1.54) is 24.3 Å². The number of nitrogens with zero attached hydrogens (tertiary/aromatic N) is 4. The highest BCUT2D eigenvalue weighted by atomic mass is 35.5. The Kier molecular flexibility index (Phi) is 6.96. The number of rotatable bonds is 4. The second-order valence-electron chi connectivity index (χ2n) is 9.51. The molecule has 2 amide bonds. The summed E-state index contributed by atoms with van der Waals surface area (Å²) in [6.07, 6.45) is 2.64. The van der Waals surface area contributed by atoms with Gasteiger partial charge in [0.05, 0.1) is 11.6 Å². The molecule has 1 unspecified atom stereocenters. The minimum absolute atomic E-state index is 0.0207. The minimum atomic E-state index is -0.728. The molecule has 0 bridgehead atoms. The van der Waals surface area contributed by atoms with Gasteiger partial charge in [-0.25, -0.2) is 9.37 Å². The number of phenolic OH excluding ortho intramolecular Hbond substituents is 1. The summed E-state index contributed by atoms with van der Waals surface area (Å²) < 4.78 is 27.2. The number of carbonyl (C=O) groups is 2. The smallest absolute Gasteiger partial charge is 0.263 e. The van der Waals surface area contributed by atoms with Gasteiger partial charge in [-0.1, -0.05) is 24.2 Å². The van der Waals surface area contributed by atoms with Crippen molar-refractivity contribution in [2.45, 2.75) is 25.0 Å². The first-order valence-corrected chi connectivity index (χ1v) is 12.6. The first-order chi connectivity index (χ1) is 17.8. The van der Waals surface area contributed by atoms with Crippen molar-refractivity contribution in [2.75, 3.05) is 46.4 Å². The number of likely N-dealkylation sites (N-methyl/N-ethyl adjacent to an activating group) is 1. The first-order valence-electron chi connectivity index (χ1n) is 12.2. The molecule has 2 aromatic rings. The number of pyridine rings is 1. The van der Waals surface area contributed by atoms with E-state index in [4.69, 9.17) is 21.1 Å². The normalized spacial score (nSPS) is 22.0. The minimum Gasteiger partial charge on any atom is -0.507 e. The second kappa shape index (κ2) is 10.2. The van der Waals surface area contributed by atoms with Gasteiger partial charge in [-0.3, -0.25) is 9.59 Å². The van der Waals surface area contributed by atoms with Crippen molar-refractivity contribution in [1.29, 1.82) is 0 Å². The molecule has 3 aliphatic heterocycles. The first kappa shape index (κ1) is 25.3. The third kappa shape index (κ3) is 4.71. The molecule has 0 spiro atoms. The standard InChI is InChI=1S/C26H28ClFN4O5/c1-3-19(34)31-10-11-32-15(12-31)14-36-24-21(26(32)35)25(37-16-6-5-9-30(2)13-16)29-23(22(24)27)20-17(28)7-4-8-18(20)33/h3-4,7-8,15-16,33H,1,5-6,9-14H2,2H3/t15-,16?/m1/s1. The number of amides is 2. The summed E-state index contributed by atoms with van der Waals surface area (Å²) in [7, 11) is 1.98. The lowest BCUT2D eigenvalue weighted by atomic mass is 10.1. The molecule has 2 fully saturated rings. The third-order valence-corrected chi connectivity index (χ3v) is 7.36. The van der Waals surface area contributed by atoms with Crippen molar-refractivity contribution in [3.63, 3.8) is 0 Å². The van der Waals surface area contributed by atoms with E-state index in [0.717, 1.165) is 19.4 Å². The van der Waals surface area contributed by atoms with Crippen molar-refractivity contribution in [1.82, 2.24) is 19.7 Å². The predicted octanol–water partition coefficient (Wildman–Crippen LogP) is 2.95. The van der Waals surface area contributed by atoms with E-state index < -0.39 is 11.9 Å². The van der Waals surface area contributed by atoms with Crippen molar-refractivity contribution in [3.05, 3.63) is 47.3 Å². The number of aromatic hydroxyl groups is 1. The van der Waals surface area contributed by atoms with Gasteiger partial charge in [0, 0.05) is 26.2 Å². The summed E-state index contributed by atoms with van der Waals surface area (Å²) in [6.45, 7) is 6.04. The zero-order valence-corrected chi connectivity index (χ0v) is 21.2. The molecular weight excluding hydrogens is 503 g/mol. The molecule has 0 saturated carbocycles. The molecule has 4 heterocycles. The molecule has 9 nitrogen and oxygen atoms in total. The summed E-state index contributed by atoms with van der Waals surface area (Å²) >= 11 is 6.70. The van der Waals surface area contributed by atoms with Gasteiger partial charge in [-0.05, 0) is 44.6 Å². The van der Waals surface area contributed by atoms with Crippen LogP contribution in [0.5, 0.6) is 17.4 Å². The van der Waals surface area contributed by atoms with Gasteiger partial charge in [0.25, 0.3) is 5.91 Å². The van der Waals surface area contributed by atoms with E-state index >= 15 is 0 Å². The van der Waals surface area contributed by atoms with E-state index in [2.05, 4.69) is 16.5 Å². The quantitative estimate of drug-likeness (QED) is 0.607. The average Bonchev–Trinajstić information content (AvgIpc) is 3.02. The molecule has 5 rings (SSSR count). The van der Waals surface area contributed by atoms with Crippen LogP contribution in [0.4, 0.5) is 4.39 Å². The maximum Gasteiger partial charge on any atom is 0.263 e. The topological polar surface area (TPSA) is 95.4 Å². The second-order valence-corrected chi connectivity index (χ2v) is 9.89. The SMILES string of the molecule is C=CC(=O)N1CCN2C(=O)c3c(OC4CCCN(C)C4)nc(-c4c(O)cccc4F)c(Cl)c3OC[C@H]2C1. The van der Waals surface area contributed by atoms with E-state index in [1.807, 2.05) is 7.05 Å². The number of phenols is 1. The molecule has 0 aliphatic carbocycles. The lowest BCUT2D eigenvalue weighted by Crippen LogP contribution is -2.57. The number of likely N-dealkylation sites (tertiary alicyclic amines) is 1. The van der Waals surface area contributed by atoms with Gasteiger partial charge in [0.1, 0.15) is 40.6 Å². The summed E-state index contributed by atoms with van der Waals surface area (Å²) in [5.74, 6) is -1.69. The number of ether oxygens (including phenoxy) is 2. The van der Waals surface area contributed by atoms with E-state index in [9.17, 15) is 19.1 Å². The van der Waals surface area contributed by atoms with Crippen LogP contribution in [0.25, 0.3) is 11.3 Å². The van der Waals surface area contributed by atoms with Gasteiger partial charge in [-0.15, -0.1) is 0 Å². The fourth-order valence-electron chi connectivity index (χ4n) is 5.13. The molecule has 37 heavy (non-hydrogen) atoms. The number of hydrogen-bond acceptors (Lipinski definition) is 7. The highest BCUT2D eigenvalue weighted by Crippen LogP contribution is 2.46. The summed E-state index contributed by atoms with van der Waals surface area (Å²) in [5, 5.41) is 10.4. The van der Waals surface area contributed by atoms with Crippen LogP contribution in [0.2, 0.25) is 5.02 Å². The molecule has 1 N–H and O–H groups in total. The Hall–Kier alpha value is -3.37. The Morgan fingerprint density at radius 2 is 2.11 bits per heavy atom. The highest BCUT2D eigenvalue weighted by molar-refractivity contribution is 6.35. The molecule has 2 atom stereocenters. The lowest BCUT2D eigenvalue weighted by molar-refractivity contribution is -0.128. The van der Waals surface area contributed by atoms with Crippen molar-refractivity contribution < 1.29 is 28.6 Å². The number of hydrogen-bond donors (Lipinski definition) is 1. The maximum absolute atomic E-state index is 14.9. The zero-order valence-electron chi connectivity index (χ0n) is 20.5. The molecule has 1 aromatic heterocycles. The molecule has 2 saturated heterocycles. The Labute approximate surface area is 219 Å². The Morgan fingerprint density at radius 3 is 2.84 bits per heavy atom. The number of halogens is 2. The number of aromatic nitrogens is 1. The number of piperazine rings is 1. The van der Waals surface area contributed by atoms with Crippen molar-refractivity contribution in [3.8, 4) is 28.6 Å². The average molecular weight is 531 g/mol. The van der Waals surface area contributed by atoms with Gasteiger partial charge >= 0.3 is 0 Å². The summed E-state index contributed by atoms with van der Waals surface area (Å²) in [6, 6.07) is 3.45. The number of carbonyl (C=O) groups excluding carboxylic acids is 2. The number of piperidine rings is 1. The van der Waals surface area contributed by atoms with Gasteiger partial charge in [-0.2, -0.15) is 0 Å². The number of fused-ring (bicyclic) bond motifs is 2. The van der Waals surface area contributed by atoms with Crippen LogP contribution in [0.1, 0.15) is 23.2 Å². The van der Waals surface area contributed by atoms with Gasteiger partial charge in [0.2, 0.25) is 11.8 Å². The number of benzene rings is 1. The zero-order chi connectivity index (χ0) is 26.3. The Morgan fingerprint density at radius 1 is 1.30 bits per heavy atom. The Bertz CT molecular complexity index is 1240. The lowest BCUT2D eigenvalue weighted by Gasteiger charge is -2.39. The van der Waals surface area contributed by atoms with Gasteiger partial charge in [0.15, 0.2) is 5.75 Å². The fourth-order valence-corrected chi connectivity index (χ4v) is 5.42. The summed E-state index contributed by atoms with van der Waals surface area (Å²) in [5.41, 5.74) is -0.225. The van der Waals surface area contributed by atoms with Crippen LogP contribution >= 0.6 is 11.6 Å². The van der Waals surface area contributed by atoms with Gasteiger partial charge < -0.3 is 29.3 Å².